The van der Waals surface area contributed by atoms with E-state index in [1.54, 1.807) is 67.3 Å². The summed E-state index contributed by atoms with van der Waals surface area (Å²) in [4.78, 5) is 55.4. The number of amides is 4. The third-order valence-electron chi connectivity index (χ3n) is 8.79. The van der Waals surface area contributed by atoms with Crippen LogP contribution >= 0.6 is 0 Å². The first-order valence-corrected chi connectivity index (χ1v) is 15.1. The van der Waals surface area contributed by atoms with Crippen LogP contribution < -0.4 is 25.2 Å². The fourth-order valence-electron chi connectivity index (χ4n) is 6.35. The molecular weight excluding hydrogens is 548 g/mol. The number of ether oxygens (including phenoxy) is 1. The SMILES string of the molecule is COc1cc(C(=O)NC2CCN(C(=O)N(C)C)CC2)ccc1Nc1ncc2c(n1)N(C1CCCC1)CC(C)(C)C(=O)N2C. The molecule has 0 atom stereocenters. The number of methoxy groups -OCH3 is 1. The number of hydrogen-bond donors (Lipinski definition) is 2. The minimum Gasteiger partial charge on any atom is -0.495 e. The molecule has 2 aliphatic heterocycles. The molecule has 2 fully saturated rings. The minimum absolute atomic E-state index is 0.00621. The van der Waals surface area contributed by atoms with Crippen molar-refractivity contribution in [2.24, 2.45) is 5.41 Å². The molecule has 3 aliphatic rings. The van der Waals surface area contributed by atoms with Crippen LogP contribution in [0.4, 0.5) is 27.9 Å². The number of piperidine rings is 1. The maximum atomic E-state index is 13.3. The van der Waals surface area contributed by atoms with Crippen LogP contribution in [0.25, 0.3) is 0 Å². The molecule has 2 N–H and O–H groups in total. The average Bonchev–Trinajstić information content (AvgIpc) is 3.52. The lowest BCUT2D eigenvalue weighted by Gasteiger charge is -2.34. The van der Waals surface area contributed by atoms with E-state index in [0.29, 0.717) is 67.2 Å². The van der Waals surface area contributed by atoms with Crippen LogP contribution in [0.3, 0.4) is 0 Å². The summed E-state index contributed by atoms with van der Waals surface area (Å²) in [5, 5.41) is 6.37. The number of carbonyl (C=O) groups excluding carboxylic acids is 3. The third-order valence-corrected chi connectivity index (χ3v) is 8.79. The predicted molar refractivity (Wildman–Crippen MR) is 166 cm³/mol. The second-order valence-electron chi connectivity index (χ2n) is 12.7. The van der Waals surface area contributed by atoms with Gasteiger partial charge in [-0.15, -0.1) is 0 Å². The smallest absolute Gasteiger partial charge is 0.319 e. The molecule has 4 amide bonds. The van der Waals surface area contributed by atoms with Gasteiger partial charge in [-0.1, -0.05) is 12.8 Å². The monoisotopic (exact) mass is 592 g/mol. The topological polar surface area (TPSA) is 123 Å². The molecule has 0 radical (unpaired) electrons. The molecular formula is C31H44N8O4. The van der Waals surface area contributed by atoms with Gasteiger partial charge in [-0.25, -0.2) is 9.78 Å². The molecule has 0 unspecified atom stereocenters. The van der Waals surface area contributed by atoms with Gasteiger partial charge >= 0.3 is 6.03 Å². The fourth-order valence-corrected chi connectivity index (χ4v) is 6.35. The molecule has 5 rings (SSSR count). The number of carbonyl (C=O) groups is 3. The molecule has 3 heterocycles. The van der Waals surface area contributed by atoms with Gasteiger partial charge in [0.25, 0.3) is 5.91 Å². The number of likely N-dealkylation sites (tertiary alicyclic amines) is 1. The third kappa shape index (κ3) is 6.33. The summed E-state index contributed by atoms with van der Waals surface area (Å²) >= 11 is 0. The molecule has 12 heteroatoms. The first-order chi connectivity index (χ1) is 20.5. The average molecular weight is 593 g/mol. The first kappa shape index (κ1) is 30.4. The van der Waals surface area contributed by atoms with Gasteiger partial charge in [-0.2, -0.15) is 4.98 Å². The standard InChI is InChI=1S/C31H44N8O4/c1-31(2)19-39(22-9-7-8-10-22)26-24(37(5)28(31)41)18-32-29(35-26)34-23-12-11-20(17-25(23)43-6)27(40)33-21-13-15-38(16-14-21)30(42)36(3)4/h11-12,17-18,21-22H,7-10,13-16,19H2,1-6H3,(H,33,40)(H,32,34,35). The summed E-state index contributed by atoms with van der Waals surface area (Å²) in [6.07, 6.45) is 7.60. The molecule has 232 valence electrons. The minimum atomic E-state index is -0.564. The van der Waals surface area contributed by atoms with Crippen molar-refractivity contribution < 1.29 is 19.1 Å². The van der Waals surface area contributed by atoms with Gasteiger partial charge in [0, 0.05) is 58.4 Å². The number of urea groups is 1. The summed E-state index contributed by atoms with van der Waals surface area (Å²) in [5.41, 5.74) is 1.24. The first-order valence-electron chi connectivity index (χ1n) is 15.1. The number of fused-ring (bicyclic) bond motifs is 1. The molecule has 1 saturated carbocycles. The van der Waals surface area contributed by atoms with Crippen molar-refractivity contribution in [2.45, 2.75) is 64.5 Å². The Bertz CT molecular complexity index is 1370. The number of nitrogens with one attached hydrogen (secondary N) is 2. The number of anilines is 4. The highest BCUT2D eigenvalue weighted by molar-refractivity contribution is 6.01. The Morgan fingerprint density at radius 2 is 1.79 bits per heavy atom. The summed E-state index contributed by atoms with van der Waals surface area (Å²) in [7, 11) is 6.83. The van der Waals surface area contributed by atoms with Crippen LogP contribution in [-0.4, -0.2) is 97.6 Å². The summed E-state index contributed by atoms with van der Waals surface area (Å²) in [5.74, 6) is 1.47. The van der Waals surface area contributed by atoms with E-state index < -0.39 is 5.41 Å². The van der Waals surface area contributed by atoms with E-state index in [4.69, 9.17) is 9.72 Å². The van der Waals surface area contributed by atoms with Crippen LogP contribution in [0.5, 0.6) is 5.75 Å². The van der Waals surface area contributed by atoms with Gasteiger partial charge in [-0.05, 0) is 57.7 Å². The van der Waals surface area contributed by atoms with Crippen molar-refractivity contribution in [2.75, 3.05) is 63.0 Å². The van der Waals surface area contributed by atoms with Crippen molar-refractivity contribution in [3.8, 4) is 5.75 Å². The molecule has 2 aromatic rings. The molecule has 1 aliphatic carbocycles. The number of hydrogen-bond acceptors (Lipinski definition) is 8. The zero-order valence-corrected chi connectivity index (χ0v) is 26.1. The van der Waals surface area contributed by atoms with Crippen LogP contribution in [0.2, 0.25) is 0 Å². The Labute approximate surface area is 253 Å². The molecule has 43 heavy (non-hydrogen) atoms. The van der Waals surface area contributed by atoms with E-state index in [1.165, 1.54) is 12.8 Å². The van der Waals surface area contributed by atoms with Gasteiger partial charge in [0.05, 0.1) is 24.4 Å². The Kier molecular flexibility index (Phi) is 8.66. The molecule has 0 spiro atoms. The summed E-state index contributed by atoms with van der Waals surface area (Å²) < 4.78 is 5.64. The predicted octanol–water partition coefficient (Wildman–Crippen LogP) is 3.86. The molecule has 1 aromatic heterocycles. The van der Waals surface area contributed by atoms with Crippen molar-refractivity contribution >= 4 is 41.0 Å². The molecule has 1 saturated heterocycles. The lowest BCUT2D eigenvalue weighted by Crippen LogP contribution is -2.49. The highest BCUT2D eigenvalue weighted by Crippen LogP contribution is 2.40. The van der Waals surface area contributed by atoms with Crippen LogP contribution in [0.15, 0.2) is 24.4 Å². The second kappa shape index (κ2) is 12.3. The van der Waals surface area contributed by atoms with E-state index in [1.807, 2.05) is 13.8 Å². The Hall–Kier alpha value is -4.09. The van der Waals surface area contributed by atoms with Crippen LogP contribution in [0.1, 0.15) is 62.7 Å². The lowest BCUT2D eigenvalue weighted by atomic mass is 9.91. The summed E-state index contributed by atoms with van der Waals surface area (Å²) in [6, 6.07) is 5.54. The van der Waals surface area contributed by atoms with Crippen molar-refractivity contribution in [1.82, 2.24) is 25.1 Å². The molecule has 0 bridgehead atoms. The maximum absolute atomic E-state index is 13.3. The van der Waals surface area contributed by atoms with Gasteiger partial charge in [0.2, 0.25) is 11.9 Å². The lowest BCUT2D eigenvalue weighted by molar-refractivity contribution is -0.125. The van der Waals surface area contributed by atoms with E-state index in [-0.39, 0.29) is 23.9 Å². The van der Waals surface area contributed by atoms with E-state index in [9.17, 15) is 14.4 Å². The van der Waals surface area contributed by atoms with Gasteiger partial charge in [-0.3, -0.25) is 9.59 Å². The number of aromatic nitrogens is 2. The number of nitrogens with zero attached hydrogens (tertiary/aromatic N) is 6. The van der Waals surface area contributed by atoms with Crippen molar-refractivity contribution in [1.29, 1.82) is 0 Å². The van der Waals surface area contributed by atoms with E-state index >= 15 is 0 Å². The quantitative estimate of drug-likeness (QED) is 0.519. The zero-order chi connectivity index (χ0) is 30.9. The Morgan fingerprint density at radius 3 is 2.44 bits per heavy atom. The maximum Gasteiger partial charge on any atom is 0.319 e. The fraction of sp³-hybridized carbons (Fsp3) is 0.581. The molecule has 1 aromatic carbocycles. The number of rotatable bonds is 6. The van der Waals surface area contributed by atoms with Gasteiger partial charge in [0.1, 0.15) is 11.4 Å². The van der Waals surface area contributed by atoms with Crippen molar-refractivity contribution in [3.05, 3.63) is 30.0 Å². The van der Waals surface area contributed by atoms with E-state index in [0.717, 1.165) is 18.7 Å². The largest absolute Gasteiger partial charge is 0.495 e. The normalized spacial score (nSPS) is 19.1. The number of benzene rings is 1. The zero-order valence-electron chi connectivity index (χ0n) is 26.1. The Balaban J connectivity index is 1.32. The van der Waals surface area contributed by atoms with Gasteiger partial charge in [0.15, 0.2) is 5.82 Å². The van der Waals surface area contributed by atoms with Crippen LogP contribution in [0, 0.1) is 5.41 Å². The Morgan fingerprint density at radius 1 is 1.09 bits per heavy atom. The van der Waals surface area contributed by atoms with Gasteiger partial charge < -0.3 is 35.0 Å². The highest BCUT2D eigenvalue weighted by atomic mass is 16.5. The highest BCUT2D eigenvalue weighted by Gasteiger charge is 2.41. The van der Waals surface area contributed by atoms with Crippen molar-refractivity contribution in [3.63, 3.8) is 0 Å². The van der Waals surface area contributed by atoms with E-state index in [2.05, 4.69) is 20.5 Å². The molecule has 12 nitrogen and oxygen atoms in total. The summed E-state index contributed by atoms with van der Waals surface area (Å²) in [6.45, 7) is 5.78. The second-order valence-corrected chi connectivity index (χ2v) is 12.7. The van der Waals surface area contributed by atoms with Crippen LogP contribution in [-0.2, 0) is 4.79 Å².